The lowest BCUT2D eigenvalue weighted by molar-refractivity contribution is -0.122. The minimum absolute atomic E-state index is 0.290. The van der Waals surface area contributed by atoms with Crippen LogP contribution in [0.5, 0.6) is 0 Å². The van der Waals surface area contributed by atoms with Crippen LogP contribution in [-0.4, -0.2) is 5.78 Å². The number of Topliss-reactive ketones (excluding diaryl/α,β-unsaturated/α-hetero) is 1. The quantitative estimate of drug-likeness (QED) is 0.528. The summed E-state index contributed by atoms with van der Waals surface area (Å²) in [6.07, 6.45) is 4.39. The molecule has 0 unspecified atom stereocenters. The number of ketones is 1. The first-order valence-corrected chi connectivity index (χ1v) is 4.29. The molecule has 0 N–H and O–H groups in total. The van der Waals surface area contributed by atoms with Crippen LogP contribution in [0, 0.1) is 11.8 Å². The van der Waals surface area contributed by atoms with Gasteiger partial charge in [-0.1, -0.05) is 18.6 Å². The second-order valence-electron chi connectivity index (χ2n) is 3.63. The Morgan fingerprint density at radius 3 is 2.73 bits per heavy atom. The Morgan fingerprint density at radius 2 is 2.27 bits per heavy atom. The summed E-state index contributed by atoms with van der Waals surface area (Å²) in [6.45, 7) is 5.98. The lowest BCUT2D eigenvalue weighted by Gasteiger charge is -2.24. The average molecular weight is 152 g/mol. The van der Waals surface area contributed by atoms with Crippen LogP contribution < -0.4 is 0 Å². The highest BCUT2D eigenvalue weighted by molar-refractivity contribution is 5.79. The van der Waals surface area contributed by atoms with Crippen molar-refractivity contribution in [2.45, 2.75) is 33.6 Å². The SMILES string of the molecule is CC(=O)[C@H]1CCC(C)=C[C@H]1C. The molecule has 0 aromatic rings. The maximum atomic E-state index is 11.1. The van der Waals surface area contributed by atoms with Gasteiger partial charge in [-0.15, -0.1) is 0 Å². The molecule has 1 nitrogen and oxygen atoms in total. The first kappa shape index (κ1) is 8.51. The lowest BCUT2D eigenvalue weighted by Crippen LogP contribution is -2.21. The van der Waals surface area contributed by atoms with E-state index in [0.29, 0.717) is 17.6 Å². The predicted octanol–water partition coefficient (Wildman–Crippen LogP) is 2.57. The Hall–Kier alpha value is -0.590. The normalized spacial score (nSPS) is 31.4. The van der Waals surface area contributed by atoms with E-state index in [-0.39, 0.29) is 0 Å². The molecular weight excluding hydrogens is 136 g/mol. The first-order chi connectivity index (χ1) is 5.11. The van der Waals surface area contributed by atoms with Crippen molar-refractivity contribution >= 4 is 5.78 Å². The van der Waals surface area contributed by atoms with Crippen molar-refractivity contribution in [2.75, 3.05) is 0 Å². The number of carbonyl (C=O) groups excluding carboxylic acids is 1. The molecule has 0 amide bonds. The van der Waals surface area contributed by atoms with Gasteiger partial charge in [0.1, 0.15) is 5.78 Å². The van der Waals surface area contributed by atoms with E-state index in [2.05, 4.69) is 19.9 Å². The Balaban J connectivity index is 2.68. The molecule has 1 aliphatic rings. The minimum atomic E-state index is 0.290. The molecular formula is C10H16O. The molecule has 0 aromatic carbocycles. The maximum absolute atomic E-state index is 11.1. The highest BCUT2D eigenvalue weighted by Crippen LogP contribution is 2.28. The molecule has 11 heavy (non-hydrogen) atoms. The second kappa shape index (κ2) is 3.21. The Kier molecular flexibility index (Phi) is 2.48. The van der Waals surface area contributed by atoms with Gasteiger partial charge in [-0.3, -0.25) is 4.79 Å². The fourth-order valence-corrected chi connectivity index (χ4v) is 1.87. The van der Waals surface area contributed by atoms with Gasteiger partial charge >= 0.3 is 0 Å². The third-order valence-electron chi connectivity index (χ3n) is 2.55. The van der Waals surface area contributed by atoms with Crippen LogP contribution in [0.2, 0.25) is 0 Å². The van der Waals surface area contributed by atoms with Gasteiger partial charge in [0.2, 0.25) is 0 Å². The Morgan fingerprint density at radius 1 is 1.64 bits per heavy atom. The van der Waals surface area contributed by atoms with Gasteiger partial charge in [-0.05, 0) is 32.6 Å². The molecule has 0 bridgehead atoms. The van der Waals surface area contributed by atoms with E-state index in [1.54, 1.807) is 6.92 Å². The molecule has 1 rings (SSSR count). The summed E-state index contributed by atoms with van der Waals surface area (Å²) in [5.74, 6) is 1.10. The van der Waals surface area contributed by atoms with Crippen LogP contribution in [-0.2, 0) is 4.79 Å². The van der Waals surface area contributed by atoms with Gasteiger partial charge in [-0.2, -0.15) is 0 Å². The molecule has 0 spiro atoms. The molecule has 0 saturated heterocycles. The molecule has 0 aromatic heterocycles. The van der Waals surface area contributed by atoms with E-state index >= 15 is 0 Å². The third-order valence-corrected chi connectivity index (χ3v) is 2.55. The summed E-state index contributed by atoms with van der Waals surface area (Å²) in [5, 5.41) is 0. The van der Waals surface area contributed by atoms with E-state index in [4.69, 9.17) is 0 Å². The van der Waals surface area contributed by atoms with E-state index < -0.39 is 0 Å². The topological polar surface area (TPSA) is 17.1 Å². The number of hydrogen-bond acceptors (Lipinski definition) is 1. The predicted molar refractivity (Wildman–Crippen MR) is 46.3 cm³/mol. The highest BCUT2D eigenvalue weighted by Gasteiger charge is 2.23. The zero-order chi connectivity index (χ0) is 8.43. The lowest BCUT2D eigenvalue weighted by atomic mass is 9.80. The Bertz CT molecular complexity index is 191. The summed E-state index contributed by atoms with van der Waals surface area (Å²) >= 11 is 0. The highest BCUT2D eigenvalue weighted by atomic mass is 16.1. The molecule has 1 aliphatic carbocycles. The van der Waals surface area contributed by atoms with Crippen LogP contribution >= 0.6 is 0 Å². The first-order valence-electron chi connectivity index (χ1n) is 4.29. The van der Waals surface area contributed by atoms with E-state index in [1.165, 1.54) is 5.57 Å². The van der Waals surface area contributed by atoms with Crippen molar-refractivity contribution in [1.82, 2.24) is 0 Å². The summed E-state index contributed by atoms with van der Waals surface area (Å²) in [6, 6.07) is 0. The molecule has 1 heteroatoms. The molecule has 62 valence electrons. The molecule has 0 radical (unpaired) electrons. The van der Waals surface area contributed by atoms with Gasteiger partial charge in [0.15, 0.2) is 0 Å². The van der Waals surface area contributed by atoms with E-state index in [1.807, 2.05) is 0 Å². The zero-order valence-corrected chi connectivity index (χ0v) is 7.55. The van der Waals surface area contributed by atoms with Crippen molar-refractivity contribution in [3.63, 3.8) is 0 Å². The number of carbonyl (C=O) groups is 1. The van der Waals surface area contributed by atoms with Crippen LogP contribution in [0.1, 0.15) is 33.6 Å². The molecule has 0 aliphatic heterocycles. The monoisotopic (exact) mass is 152 g/mol. The van der Waals surface area contributed by atoms with E-state index in [9.17, 15) is 4.79 Å². The zero-order valence-electron chi connectivity index (χ0n) is 7.55. The number of hydrogen-bond donors (Lipinski definition) is 0. The largest absolute Gasteiger partial charge is 0.300 e. The average Bonchev–Trinajstić information content (AvgIpc) is 1.85. The molecule has 0 fully saturated rings. The third kappa shape index (κ3) is 1.92. The fourth-order valence-electron chi connectivity index (χ4n) is 1.87. The van der Waals surface area contributed by atoms with Crippen molar-refractivity contribution in [1.29, 1.82) is 0 Å². The van der Waals surface area contributed by atoms with Crippen LogP contribution in [0.4, 0.5) is 0 Å². The summed E-state index contributed by atoms with van der Waals surface area (Å²) in [7, 11) is 0. The van der Waals surface area contributed by atoms with Gasteiger partial charge in [-0.25, -0.2) is 0 Å². The van der Waals surface area contributed by atoms with Gasteiger partial charge in [0.25, 0.3) is 0 Å². The van der Waals surface area contributed by atoms with Gasteiger partial charge < -0.3 is 0 Å². The van der Waals surface area contributed by atoms with Crippen LogP contribution in [0.15, 0.2) is 11.6 Å². The summed E-state index contributed by atoms with van der Waals surface area (Å²) < 4.78 is 0. The van der Waals surface area contributed by atoms with Gasteiger partial charge in [0, 0.05) is 5.92 Å². The van der Waals surface area contributed by atoms with Crippen molar-refractivity contribution < 1.29 is 4.79 Å². The van der Waals surface area contributed by atoms with Gasteiger partial charge in [0.05, 0.1) is 0 Å². The van der Waals surface area contributed by atoms with Crippen LogP contribution in [0.3, 0.4) is 0 Å². The second-order valence-corrected chi connectivity index (χ2v) is 3.63. The van der Waals surface area contributed by atoms with Crippen molar-refractivity contribution in [3.8, 4) is 0 Å². The van der Waals surface area contributed by atoms with Crippen LogP contribution in [0.25, 0.3) is 0 Å². The number of allylic oxidation sites excluding steroid dienone is 2. The smallest absolute Gasteiger partial charge is 0.133 e. The molecule has 0 heterocycles. The standard InChI is InChI=1S/C10H16O/c1-7-4-5-10(9(3)11)8(2)6-7/h6,8,10H,4-5H2,1-3H3/t8-,10+/m1/s1. The van der Waals surface area contributed by atoms with Crippen molar-refractivity contribution in [2.24, 2.45) is 11.8 Å². The van der Waals surface area contributed by atoms with Crippen molar-refractivity contribution in [3.05, 3.63) is 11.6 Å². The minimum Gasteiger partial charge on any atom is -0.300 e. The number of rotatable bonds is 1. The molecule has 2 atom stereocenters. The molecule has 0 saturated carbocycles. The Labute approximate surface area is 68.5 Å². The summed E-state index contributed by atoms with van der Waals surface area (Å²) in [5.41, 5.74) is 1.44. The fraction of sp³-hybridized carbons (Fsp3) is 0.700. The maximum Gasteiger partial charge on any atom is 0.133 e. The summed E-state index contributed by atoms with van der Waals surface area (Å²) in [4.78, 5) is 11.1. The van der Waals surface area contributed by atoms with E-state index in [0.717, 1.165) is 12.8 Å².